The Labute approximate surface area is 186 Å². The Morgan fingerprint density at radius 3 is 2.65 bits per heavy atom. The molecule has 4 nitrogen and oxygen atoms in total. The van der Waals surface area contributed by atoms with Crippen molar-refractivity contribution in [2.45, 2.75) is 56.3 Å². The number of imidazole rings is 1. The molecule has 0 N–H and O–H groups in total. The quantitative estimate of drug-likeness (QED) is 0.470. The average molecular weight is 436 g/mol. The first kappa shape index (κ1) is 20.3. The van der Waals surface area contributed by atoms with E-state index < -0.39 is 0 Å². The summed E-state index contributed by atoms with van der Waals surface area (Å²) >= 11 is 1.51. The lowest BCUT2D eigenvalue weighted by molar-refractivity contribution is -0.116. The zero-order chi connectivity index (χ0) is 21.4. The fraction of sp³-hybridized carbons (Fsp3) is 0.360. The summed E-state index contributed by atoms with van der Waals surface area (Å²) in [5.74, 6) is 0.230. The van der Waals surface area contributed by atoms with Gasteiger partial charge in [-0.05, 0) is 67.6 Å². The summed E-state index contributed by atoms with van der Waals surface area (Å²) < 4.78 is 15.7. The zero-order valence-electron chi connectivity index (χ0n) is 17.6. The second kappa shape index (κ2) is 8.50. The molecule has 1 saturated carbocycles. The molecule has 1 aromatic heterocycles. The topological polar surface area (TPSA) is 38.1 Å². The second-order valence-corrected chi connectivity index (χ2v) is 9.42. The van der Waals surface area contributed by atoms with Crippen LogP contribution in [0.15, 0.2) is 59.9 Å². The highest BCUT2D eigenvalue weighted by Crippen LogP contribution is 2.38. The molecule has 1 aliphatic carbocycles. The van der Waals surface area contributed by atoms with Crippen molar-refractivity contribution >= 4 is 23.4 Å². The maximum Gasteiger partial charge on any atom is 0.237 e. The predicted molar refractivity (Wildman–Crippen MR) is 123 cm³/mol. The number of fused-ring (bicyclic) bond motifs is 1. The van der Waals surface area contributed by atoms with E-state index >= 15 is 0 Å². The lowest BCUT2D eigenvalue weighted by Crippen LogP contribution is -2.37. The van der Waals surface area contributed by atoms with Crippen molar-refractivity contribution in [3.63, 3.8) is 0 Å². The zero-order valence-corrected chi connectivity index (χ0v) is 18.4. The van der Waals surface area contributed by atoms with Crippen LogP contribution in [0.3, 0.4) is 0 Å². The number of para-hydroxylation sites is 1. The summed E-state index contributed by atoms with van der Waals surface area (Å²) in [6.07, 6.45) is 7.41. The van der Waals surface area contributed by atoms with Crippen LogP contribution in [0.4, 0.5) is 10.1 Å². The minimum absolute atomic E-state index is 0.117. The van der Waals surface area contributed by atoms with Gasteiger partial charge >= 0.3 is 0 Å². The lowest BCUT2D eigenvalue weighted by Gasteiger charge is -2.23. The summed E-state index contributed by atoms with van der Waals surface area (Å²) in [6.45, 7) is 2.11. The van der Waals surface area contributed by atoms with Crippen molar-refractivity contribution in [3.05, 3.63) is 66.1 Å². The smallest absolute Gasteiger partial charge is 0.237 e. The van der Waals surface area contributed by atoms with Gasteiger partial charge in [-0.25, -0.2) is 9.37 Å². The van der Waals surface area contributed by atoms with E-state index in [9.17, 15) is 9.18 Å². The van der Waals surface area contributed by atoms with E-state index in [0.29, 0.717) is 11.8 Å². The van der Waals surface area contributed by atoms with Crippen LogP contribution >= 0.6 is 11.8 Å². The lowest BCUT2D eigenvalue weighted by atomic mass is 10.1. The number of rotatable bonds is 5. The van der Waals surface area contributed by atoms with Gasteiger partial charge in [0.2, 0.25) is 5.91 Å². The molecule has 5 rings (SSSR count). The molecule has 160 valence electrons. The molecule has 0 radical (unpaired) electrons. The van der Waals surface area contributed by atoms with Crippen molar-refractivity contribution < 1.29 is 9.18 Å². The predicted octanol–water partition coefficient (Wildman–Crippen LogP) is 5.87. The van der Waals surface area contributed by atoms with Gasteiger partial charge in [0.1, 0.15) is 5.82 Å². The van der Waals surface area contributed by atoms with Crippen LogP contribution in [0.25, 0.3) is 11.3 Å². The van der Waals surface area contributed by atoms with Crippen LogP contribution in [-0.4, -0.2) is 27.3 Å². The number of halogens is 1. The SMILES string of the molecule is C[C@H]1Cc2ccccc2N1C(=O)CSc1ncc(-c2ccc(F)cc2)n1C1CCCC1. The summed E-state index contributed by atoms with van der Waals surface area (Å²) in [6, 6.07) is 15.3. The number of thioether (sulfide) groups is 1. The maximum atomic E-state index is 13.4. The van der Waals surface area contributed by atoms with Gasteiger partial charge in [0, 0.05) is 17.8 Å². The van der Waals surface area contributed by atoms with E-state index in [1.54, 1.807) is 12.1 Å². The molecule has 3 aromatic rings. The molecule has 0 saturated heterocycles. The summed E-state index contributed by atoms with van der Waals surface area (Å²) in [5, 5.41) is 0.875. The first-order chi connectivity index (χ1) is 15.1. The number of nitrogens with zero attached hydrogens (tertiary/aromatic N) is 3. The Morgan fingerprint density at radius 2 is 1.87 bits per heavy atom. The van der Waals surface area contributed by atoms with E-state index in [1.165, 1.54) is 42.3 Å². The van der Waals surface area contributed by atoms with Crippen LogP contribution in [-0.2, 0) is 11.2 Å². The maximum absolute atomic E-state index is 13.4. The van der Waals surface area contributed by atoms with Crippen molar-refractivity contribution in [1.82, 2.24) is 9.55 Å². The molecule has 31 heavy (non-hydrogen) atoms. The largest absolute Gasteiger partial charge is 0.316 e. The van der Waals surface area contributed by atoms with Crippen LogP contribution in [0.1, 0.15) is 44.2 Å². The van der Waals surface area contributed by atoms with Gasteiger partial charge in [-0.3, -0.25) is 4.79 Å². The van der Waals surface area contributed by atoms with Gasteiger partial charge in [0.05, 0.1) is 17.6 Å². The summed E-state index contributed by atoms with van der Waals surface area (Å²) in [5.41, 5.74) is 4.23. The molecule has 0 bridgehead atoms. The van der Waals surface area contributed by atoms with Crippen LogP contribution in [0.5, 0.6) is 0 Å². The molecule has 1 fully saturated rings. The van der Waals surface area contributed by atoms with Gasteiger partial charge in [-0.2, -0.15) is 0 Å². The van der Waals surface area contributed by atoms with Crippen molar-refractivity contribution in [3.8, 4) is 11.3 Å². The minimum Gasteiger partial charge on any atom is -0.316 e. The number of carbonyl (C=O) groups is 1. The Morgan fingerprint density at radius 1 is 1.13 bits per heavy atom. The first-order valence-electron chi connectivity index (χ1n) is 11.0. The van der Waals surface area contributed by atoms with Gasteiger partial charge < -0.3 is 9.47 Å². The van der Waals surface area contributed by atoms with Gasteiger partial charge in [-0.15, -0.1) is 0 Å². The highest BCUT2D eigenvalue weighted by atomic mass is 32.2. The average Bonchev–Trinajstić information content (AvgIpc) is 3.50. The highest BCUT2D eigenvalue weighted by Gasteiger charge is 2.31. The number of hydrogen-bond acceptors (Lipinski definition) is 3. The molecule has 2 heterocycles. The molecule has 1 amide bonds. The number of carbonyl (C=O) groups excluding carboxylic acids is 1. The standard InChI is InChI=1S/C25H26FN3OS/c1-17-14-19-6-2-5-9-22(19)28(17)24(30)16-31-25-27-15-23(18-10-12-20(26)13-11-18)29(25)21-7-3-4-8-21/h2,5-6,9-13,15,17,21H,3-4,7-8,14,16H2,1H3/t17-/m0/s1. The number of aromatic nitrogens is 2. The Balaban J connectivity index is 1.39. The normalized spacial score (nSPS) is 18.5. The van der Waals surface area contributed by atoms with E-state index in [4.69, 9.17) is 0 Å². The Bertz CT molecular complexity index is 1090. The van der Waals surface area contributed by atoms with Crippen molar-refractivity contribution in [2.75, 3.05) is 10.7 Å². The molecule has 0 spiro atoms. The van der Waals surface area contributed by atoms with Crippen LogP contribution < -0.4 is 4.90 Å². The highest BCUT2D eigenvalue weighted by molar-refractivity contribution is 7.99. The Kier molecular flexibility index (Phi) is 5.57. The molecule has 1 aliphatic heterocycles. The van der Waals surface area contributed by atoms with Crippen LogP contribution in [0, 0.1) is 5.82 Å². The van der Waals surface area contributed by atoms with Gasteiger partial charge in [-0.1, -0.05) is 42.8 Å². The third-order valence-electron chi connectivity index (χ3n) is 6.39. The molecule has 2 aromatic carbocycles. The van der Waals surface area contributed by atoms with Crippen LogP contribution in [0.2, 0.25) is 0 Å². The fourth-order valence-corrected chi connectivity index (χ4v) is 5.85. The number of anilines is 1. The van der Waals surface area contributed by atoms with Gasteiger partial charge in [0.15, 0.2) is 5.16 Å². The molecular formula is C25H26FN3OS. The van der Waals surface area contributed by atoms with Crippen molar-refractivity contribution in [1.29, 1.82) is 0 Å². The van der Waals surface area contributed by atoms with E-state index in [1.807, 2.05) is 29.3 Å². The van der Waals surface area contributed by atoms with E-state index in [-0.39, 0.29) is 17.8 Å². The minimum atomic E-state index is -0.240. The Hall–Kier alpha value is -2.60. The fourth-order valence-electron chi connectivity index (χ4n) is 4.94. The molecule has 1 atom stereocenters. The molecular weight excluding hydrogens is 409 g/mol. The third kappa shape index (κ3) is 3.89. The van der Waals surface area contributed by atoms with E-state index in [0.717, 1.165) is 41.4 Å². The molecule has 2 aliphatic rings. The van der Waals surface area contributed by atoms with E-state index in [2.05, 4.69) is 22.5 Å². The first-order valence-corrected chi connectivity index (χ1v) is 12.0. The summed E-state index contributed by atoms with van der Waals surface area (Å²) in [7, 11) is 0. The third-order valence-corrected chi connectivity index (χ3v) is 7.35. The number of hydrogen-bond donors (Lipinski definition) is 0. The summed E-state index contributed by atoms with van der Waals surface area (Å²) in [4.78, 5) is 19.8. The van der Waals surface area contributed by atoms with Gasteiger partial charge in [0.25, 0.3) is 0 Å². The second-order valence-electron chi connectivity index (χ2n) is 8.48. The number of benzene rings is 2. The monoisotopic (exact) mass is 435 g/mol. The van der Waals surface area contributed by atoms with Crippen molar-refractivity contribution in [2.24, 2.45) is 0 Å². The molecule has 0 unspecified atom stereocenters. The molecule has 6 heteroatoms. The number of amides is 1.